The number of carbonyl (C=O) groups is 3. The summed E-state index contributed by atoms with van der Waals surface area (Å²) in [6.07, 6.45) is 0.738. The zero-order valence-corrected chi connectivity index (χ0v) is 19.4. The quantitative estimate of drug-likeness (QED) is 0.611. The minimum Gasteiger partial charge on any atom is -0.360 e. The standard InChI is InChI=1S/C27H28N4O3/c1-19-8-3-4-9-22(19)26(33)29-21-14-12-20(13-15-21)27(34)31-17-7-16-30(18-25(32)28-2)23-10-5-6-11-24(23)31/h3-6,8-15H,7,16-18H2,1-2H3,(H,28,32)(H,29,33). The maximum absolute atomic E-state index is 13.4. The van der Waals surface area contributed by atoms with Gasteiger partial charge in [-0.25, -0.2) is 0 Å². The topological polar surface area (TPSA) is 81.8 Å². The lowest BCUT2D eigenvalue weighted by Gasteiger charge is -2.26. The van der Waals surface area contributed by atoms with Crippen molar-refractivity contribution in [3.8, 4) is 0 Å². The molecule has 0 spiro atoms. The number of nitrogens with one attached hydrogen (secondary N) is 2. The lowest BCUT2D eigenvalue weighted by atomic mass is 10.1. The van der Waals surface area contributed by atoms with E-state index in [2.05, 4.69) is 10.6 Å². The first-order chi connectivity index (χ1) is 16.5. The van der Waals surface area contributed by atoms with Crippen LogP contribution in [0.3, 0.4) is 0 Å². The van der Waals surface area contributed by atoms with Crippen LogP contribution in [0.2, 0.25) is 0 Å². The average molecular weight is 457 g/mol. The Labute approximate surface area is 199 Å². The van der Waals surface area contributed by atoms with Crippen LogP contribution < -0.4 is 20.4 Å². The summed E-state index contributed by atoms with van der Waals surface area (Å²) in [6, 6.07) is 22.0. The summed E-state index contributed by atoms with van der Waals surface area (Å²) in [5.41, 5.74) is 4.31. The molecule has 0 aliphatic carbocycles. The molecule has 1 aliphatic rings. The monoisotopic (exact) mass is 456 g/mol. The highest BCUT2D eigenvalue weighted by molar-refractivity contribution is 6.09. The summed E-state index contributed by atoms with van der Waals surface area (Å²) in [7, 11) is 1.62. The summed E-state index contributed by atoms with van der Waals surface area (Å²) in [6.45, 7) is 3.36. The number of likely N-dealkylation sites (N-methyl/N-ethyl adjacent to an activating group) is 1. The predicted octanol–water partition coefficient (Wildman–Crippen LogP) is 3.85. The van der Waals surface area contributed by atoms with Gasteiger partial charge in [0, 0.05) is 37.0 Å². The number of anilines is 3. The molecule has 3 aromatic carbocycles. The Balaban J connectivity index is 1.53. The summed E-state index contributed by atoms with van der Waals surface area (Å²) in [4.78, 5) is 41.8. The number of nitrogens with zero attached hydrogens (tertiary/aromatic N) is 2. The van der Waals surface area contributed by atoms with Gasteiger partial charge in [0.25, 0.3) is 11.8 Å². The van der Waals surface area contributed by atoms with E-state index in [0.717, 1.165) is 23.4 Å². The van der Waals surface area contributed by atoms with Gasteiger partial charge >= 0.3 is 0 Å². The van der Waals surface area contributed by atoms with Crippen LogP contribution in [0.1, 0.15) is 32.7 Å². The van der Waals surface area contributed by atoms with Crippen molar-refractivity contribution in [1.29, 1.82) is 0 Å². The average Bonchev–Trinajstić information content (AvgIpc) is 3.04. The number of rotatable bonds is 5. The first kappa shape index (κ1) is 23.0. The molecule has 0 saturated carbocycles. The summed E-state index contributed by atoms with van der Waals surface area (Å²) in [5, 5.41) is 5.56. The minimum absolute atomic E-state index is 0.0714. The fourth-order valence-corrected chi connectivity index (χ4v) is 4.13. The third-order valence-corrected chi connectivity index (χ3v) is 5.96. The van der Waals surface area contributed by atoms with E-state index in [1.165, 1.54) is 0 Å². The van der Waals surface area contributed by atoms with Crippen LogP contribution in [-0.4, -0.2) is 44.4 Å². The Kier molecular flexibility index (Phi) is 6.92. The van der Waals surface area contributed by atoms with Gasteiger partial charge in [0.1, 0.15) is 0 Å². The molecule has 4 rings (SSSR count). The molecular weight excluding hydrogens is 428 g/mol. The molecule has 3 aromatic rings. The van der Waals surface area contributed by atoms with Crippen molar-refractivity contribution in [3.05, 3.63) is 89.5 Å². The van der Waals surface area contributed by atoms with E-state index >= 15 is 0 Å². The second kappa shape index (κ2) is 10.2. The Hall–Kier alpha value is -4.13. The van der Waals surface area contributed by atoms with Crippen molar-refractivity contribution >= 4 is 34.8 Å². The Bertz CT molecular complexity index is 1210. The second-order valence-electron chi connectivity index (χ2n) is 8.24. The fourth-order valence-electron chi connectivity index (χ4n) is 4.13. The van der Waals surface area contributed by atoms with Crippen LogP contribution in [0.5, 0.6) is 0 Å². The SMILES string of the molecule is CNC(=O)CN1CCCN(C(=O)c2ccc(NC(=O)c3ccccc3C)cc2)c2ccccc21. The first-order valence-corrected chi connectivity index (χ1v) is 11.3. The number of hydrogen-bond acceptors (Lipinski definition) is 4. The summed E-state index contributed by atoms with van der Waals surface area (Å²) in [5.74, 6) is -0.376. The zero-order valence-electron chi connectivity index (χ0n) is 19.4. The molecule has 34 heavy (non-hydrogen) atoms. The van der Waals surface area contributed by atoms with Crippen molar-refractivity contribution in [1.82, 2.24) is 5.32 Å². The number of carbonyl (C=O) groups excluding carboxylic acids is 3. The van der Waals surface area contributed by atoms with E-state index < -0.39 is 0 Å². The fraction of sp³-hybridized carbons (Fsp3) is 0.222. The van der Waals surface area contributed by atoms with Gasteiger partial charge in [-0.2, -0.15) is 0 Å². The molecule has 2 N–H and O–H groups in total. The van der Waals surface area contributed by atoms with Gasteiger partial charge in [-0.1, -0.05) is 30.3 Å². The lowest BCUT2D eigenvalue weighted by Crippen LogP contribution is -2.36. The number of hydrogen-bond donors (Lipinski definition) is 2. The first-order valence-electron chi connectivity index (χ1n) is 11.3. The Morgan fingerprint density at radius 2 is 1.53 bits per heavy atom. The molecule has 0 radical (unpaired) electrons. The van der Waals surface area contributed by atoms with Gasteiger partial charge < -0.3 is 20.4 Å². The van der Waals surface area contributed by atoms with Crippen LogP contribution in [0.4, 0.5) is 17.1 Å². The molecule has 0 atom stereocenters. The molecule has 0 fully saturated rings. The van der Waals surface area contributed by atoms with Crippen LogP contribution in [0, 0.1) is 6.92 Å². The Morgan fingerprint density at radius 3 is 2.24 bits per heavy atom. The van der Waals surface area contributed by atoms with Crippen LogP contribution in [-0.2, 0) is 4.79 Å². The van der Waals surface area contributed by atoms with E-state index in [1.54, 1.807) is 42.3 Å². The Morgan fingerprint density at radius 1 is 0.853 bits per heavy atom. The van der Waals surface area contributed by atoms with E-state index in [-0.39, 0.29) is 24.3 Å². The number of aryl methyl sites for hydroxylation is 1. The number of para-hydroxylation sites is 2. The van der Waals surface area contributed by atoms with E-state index in [0.29, 0.717) is 29.9 Å². The number of fused-ring (bicyclic) bond motifs is 1. The highest BCUT2D eigenvalue weighted by atomic mass is 16.2. The van der Waals surface area contributed by atoms with E-state index in [9.17, 15) is 14.4 Å². The normalized spacial score (nSPS) is 13.0. The molecule has 0 aromatic heterocycles. The van der Waals surface area contributed by atoms with Gasteiger partial charge in [0.2, 0.25) is 5.91 Å². The molecule has 7 nitrogen and oxygen atoms in total. The van der Waals surface area contributed by atoms with Gasteiger partial charge in [0.05, 0.1) is 17.9 Å². The molecule has 0 bridgehead atoms. The summed E-state index contributed by atoms with van der Waals surface area (Å²) < 4.78 is 0. The minimum atomic E-state index is -0.185. The van der Waals surface area contributed by atoms with Gasteiger partial charge in [-0.3, -0.25) is 14.4 Å². The maximum atomic E-state index is 13.4. The number of amides is 3. The van der Waals surface area contributed by atoms with Gasteiger partial charge in [-0.15, -0.1) is 0 Å². The van der Waals surface area contributed by atoms with Crippen molar-refractivity contribution in [3.63, 3.8) is 0 Å². The highest BCUT2D eigenvalue weighted by Crippen LogP contribution is 2.33. The highest BCUT2D eigenvalue weighted by Gasteiger charge is 2.26. The molecular formula is C27H28N4O3. The molecule has 174 valence electrons. The van der Waals surface area contributed by atoms with Crippen molar-refractivity contribution in [2.75, 3.05) is 41.8 Å². The third kappa shape index (κ3) is 4.93. The smallest absolute Gasteiger partial charge is 0.258 e. The van der Waals surface area contributed by atoms with Crippen LogP contribution in [0.25, 0.3) is 0 Å². The molecule has 0 saturated heterocycles. The molecule has 0 unspecified atom stereocenters. The van der Waals surface area contributed by atoms with Gasteiger partial charge in [0.15, 0.2) is 0 Å². The maximum Gasteiger partial charge on any atom is 0.258 e. The van der Waals surface area contributed by atoms with Crippen LogP contribution in [0.15, 0.2) is 72.8 Å². The molecule has 3 amide bonds. The van der Waals surface area contributed by atoms with Crippen molar-refractivity contribution < 1.29 is 14.4 Å². The predicted molar refractivity (Wildman–Crippen MR) is 135 cm³/mol. The lowest BCUT2D eigenvalue weighted by molar-refractivity contribution is -0.119. The number of benzene rings is 3. The largest absolute Gasteiger partial charge is 0.360 e. The van der Waals surface area contributed by atoms with Crippen molar-refractivity contribution in [2.24, 2.45) is 0 Å². The third-order valence-electron chi connectivity index (χ3n) is 5.96. The molecule has 1 heterocycles. The van der Waals surface area contributed by atoms with E-state index in [1.807, 2.05) is 54.3 Å². The van der Waals surface area contributed by atoms with Crippen LogP contribution >= 0.6 is 0 Å². The van der Waals surface area contributed by atoms with Crippen molar-refractivity contribution in [2.45, 2.75) is 13.3 Å². The second-order valence-corrected chi connectivity index (χ2v) is 8.24. The zero-order chi connectivity index (χ0) is 24.1. The molecule has 1 aliphatic heterocycles. The summed E-state index contributed by atoms with van der Waals surface area (Å²) >= 11 is 0. The molecule has 7 heteroatoms. The van der Waals surface area contributed by atoms with Gasteiger partial charge in [-0.05, 0) is 61.4 Å². The van der Waals surface area contributed by atoms with E-state index in [4.69, 9.17) is 0 Å².